The van der Waals surface area contributed by atoms with E-state index in [1.54, 1.807) is 7.05 Å². The van der Waals surface area contributed by atoms with Gasteiger partial charge in [-0.25, -0.2) is 21.5 Å². The van der Waals surface area contributed by atoms with Crippen molar-refractivity contribution in [2.24, 2.45) is 11.8 Å². The third kappa shape index (κ3) is 3.08. The van der Waals surface area contributed by atoms with Gasteiger partial charge >= 0.3 is 0 Å². The zero-order valence-electron chi connectivity index (χ0n) is 13.3. The number of hydrogen-bond acceptors (Lipinski definition) is 3. The summed E-state index contributed by atoms with van der Waals surface area (Å²) in [6.07, 6.45) is 3.70. The molecule has 2 unspecified atom stereocenters. The molecule has 4 nitrogen and oxygen atoms in total. The predicted octanol–water partition coefficient (Wildman–Crippen LogP) is 2.75. The lowest BCUT2D eigenvalue weighted by molar-refractivity contribution is 0.0884. The molecule has 2 aliphatic rings. The van der Waals surface area contributed by atoms with E-state index in [9.17, 15) is 17.2 Å². The minimum atomic E-state index is -3.26. The molecule has 1 aliphatic heterocycles. The normalized spacial score (nSPS) is 27.3. The van der Waals surface area contributed by atoms with Gasteiger partial charge in [0.2, 0.25) is 10.0 Å². The number of benzene rings is 1. The summed E-state index contributed by atoms with van der Waals surface area (Å²) in [5, 5.41) is 0. The van der Waals surface area contributed by atoms with E-state index in [2.05, 4.69) is 0 Å². The smallest absolute Gasteiger partial charge is 0.210 e. The minimum Gasteiger partial charge on any atom is -0.490 e. The summed E-state index contributed by atoms with van der Waals surface area (Å²) in [7, 11) is -1.70. The van der Waals surface area contributed by atoms with E-state index in [0.717, 1.165) is 31.4 Å². The first-order valence-electron chi connectivity index (χ1n) is 7.81. The van der Waals surface area contributed by atoms with Gasteiger partial charge in [0.15, 0.2) is 11.6 Å². The van der Waals surface area contributed by atoms with Gasteiger partial charge in [-0.15, -0.1) is 0 Å². The number of rotatable bonds is 3. The molecule has 1 aromatic rings. The van der Waals surface area contributed by atoms with Crippen LogP contribution in [0.2, 0.25) is 0 Å². The van der Waals surface area contributed by atoms with E-state index in [1.807, 2.05) is 0 Å². The maximum absolute atomic E-state index is 14.2. The summed E-state index contributed by atoms with van der Waals surface area (Å²) in [5.41, 5.74) is 0.327. The fourth-order valence-electron chi connectivity index (χ4n) is 3.88. The van der Waals surface area contributed by atoms with Crippen molar-refractivity contribution in [3.63, 3.8) is 0 Å². The van der Waals surface area contributed by atoms with Crippen LogP contribution in [0.3, 0.4) is 0 Å². The molecular formula is C16H21F2NO3S. The molecule has 0 N–H and O–H groups in total. The molecule has 0 aromatic heterocycles. The number of nitrogens with zero attached hydrogens (tertiary/aromatic N) is 1. The predicted molar refractivity (Wildman–Crippen MR) is 82.9 cm³/mol. The number of hydrogen-bond donors (Lipinski definition) is 0. The molecule has 0 saturated heterocycles. The van der Waals surface area contributed by atoms with Crippen molar-refractivity contribution in [1.82, 2.24) is 4.31 Å². The average molecular weight is 345 g/mol. The molecule has 23 heavy (non-hydrogen) atoms. The van der Waals surface area contributed by atoms with E-state index >= 15 is 0 Å². The fraction of sp³-hybridized carbons (Fsp3) is 0.625. The van der Waals surface area contributed by atoms with E-state index < -0.39 is 21.7 Å². The van der Waals surface area contributed by atoms with Crippen LogP contribution in [0.5, 0.6) is 5.75 Å². The quantitative estimate of drug-likeness (QED) is 0.846. The summed E-state index contributed by atoms with van der Waals surface area (Å²) in [5.74, 6) is -0.950. The number of fused-ring (bicyclic) bond motifs is 3. The molecule has 1 heterocycles. The zero-order chi connectivity index (χ0) is 16.8. The van der Waals surface area contributed by atoms with Gasteiger partial charge in [0.1, 0.15) is 5.82 Å². The highest BCUT2D eigenvalue weighted by Gasteiger charge is 2.42. The molecule has 0 radical (unpaired) electrons. The fourth-order valence-corrected chi connectivity index (χ4v) is 4.34. The number of halogens is 2. The number of sulfonamides is 1. The third-order valence-corrected chi connectivity index (χ3v) is 6.44. The molecule has 3 atom stereocenters. The van der Waals surface area contributed by atoms with E-state index in [1.165, 1.54) is 10.6 Å². The van der Waals surface area contributed by atoms with Gasteiger partial charge in [-0.05, 0) is 36.8 Å². The van der Waals surface area contributed by atoms with Crippen molar-refractivity contribution in [2.45, 2.75) is 25.2 Å². The molecule has 3 rings (SSSR count). The highest BCUT2D eigenvalue weighted by Crippen LogP contribution is 2.49. The van der Waals surface area contributed by atoms with Gasteiger partial charge in [-0.2, -0.15) is 0 Å². The van der Waals surface area contributed by atoms with Crippen LogP contribution in [0.1, 0.15) is 30.7 Å². The van der Waals surface area contributed by atoms with E-state index in [0.29, 0.717) is 18.7 Å². The maximum Gasteiger partial charge on any atom is 0.210 e. The molecule has 1 aliphatic carbocycles. The maximum atomic E-state index is 14.2. The molecule has 1 aromatic carbocycles. The Morgan fingerprint density at radius 1 is 1.26 bits per heavy atom. The Morgan fingerprint density at radius 3 is 2.65 bits per heavy atom. The summed E-state index contributed by atoms with van der Waals surface area (Å²) < 4.78 is 58.3. The molecule has 1 fully saturated rings. The standard InChI is InChI=1S/C16H21F2NO3S/c1-19(23(2,20)21)8-10-4-3-5-11-12(10)9-22-16-14(18)7-6-13(17)15(11)16/h6-7,10-12H,3-5,8-9H2,1-2H3/t10-,11?,12?/m0/s1. The largest absolute Gasteiger partial charge is 0.490 e. The van der Waals surface area contributed by atoms with Crippen molar-refractivity contribution in [2.75, 3.05) is 26.5 Å². The van der Waals surface area contributed by atoms with E-state index in [4.69, 9.17) is 4.74 Å². The Hall–Kier alpha value is -1.21. The topological polar surface area (TPSA) is 46.6 Å². The van der Waals surface area contributed by atoms with Crippen LogP contribution in [0.25, 0.3) is 0 Å². The SMILES string of the molecule is CN(C[C@@H]1CCCC2c3c(F)ccc(F)c3OCC21)S(C)(=O)=O. The van der Waals surface area contributed by atoms with Crippen molar-refractivity contribution < 1.29 is 21.9 Å². The van der Waals surface area contributed by atoms with Gasteiger partial charge in [0.05, 0.1) is 12.9 Å². The molecule has 128 valence electrons. The summed E-state index contributed by atoms with van der Waals surface area (Å²) in [6.45, 7) is 0.690. The van der Waals surface area contributed by atoms with Crippen molar-refractivity contribution in [3.05, 3.63) is 29.3 Å². The second-order valence-corrected chi connectivity index (χ2v) is 8.68. The van der Waals surface area contributed by atoms with Crippen LogP contribution in [0.4, 0.5) is 8.78 Å². The second kappa shape index (κ2) is 6.02. The second-order valence-electron chi connectivity index (χ2n) is 6.59. The lowest BCUT2D eigenvalue weighted by Gasteiger charge is -2.43. The average Bonchev–Trinajstić information content (AvgIpc) is 2.49. The van der Waals surface area contributed by atoms with E-state index in [-0.39, 0.29) is 23.5 Å². The summed E-state index contributed by atoms with van der Waals surface area (Å²) in [6, 6.07) is 2.23. The van der Waals surface area contributed by atoms with Crippen LogP contribution in [0.15, 0.2) is 12.1 Å². The molecule has 1 saturated carbocycles. The van der Waals surface area contributed by atoms with Crippen LogP contribution in [-0.2, 0) is 10.0 Å². The Kier molecular flexibility index (Phi) is 4.35. The van der Waals surface area contributed by atoms with Gasteiger partial charge < -0.3 is 4.74 Å². The van der Waals surface area contributed by atoms with Crippen LogP contribution in [0, 0.1) is 23.5 Å². The van der Waals surface area contributed by atoms with Crippen LogP contribution < -0.4 is 4.74 Å². The third-order valence-electron chi connectivity index (χ3n) is 5.16. The van der Waals surface area contributed by atoms with Crippen molar-refractivity contribution in [3.8, 4) is 5.75 Å². The summed E-state index contributed by atoms with van der Waals surface area (Å²) in [4.78, 5) is 0. The first kappa shape index (κ1) is 16.6. The van der Waals surface area contributed by atoms with Crippen molar-refractivity contribution in [1.29, 1.82) is 0 Å². The zero-order valence-corrected chi connectivity index (χ0v) is 14.1. The monoisotopic (exact) mass is 345 g/mol. The Morgan fingerprint density at radius 2 is 1.96 bits per heavy atom. The molecule has 0 amide bonds. The lowest BCUT2D eigenvalue weighted by Crippen LogP contribution is -2.42. The number of ether oxygens (including phenoxy) is 1. The van der Waals surface area contributed by atoms with Gasteiger partial charge in [0.25, 0.3) is 0 Å². The van der Waals surface area contributed by atoms with Gasteiger partial charge in [-0.3, -0.25) is 0 Å². The highest BCUT2D eigenvalue weighted by molar-refractivity contribution is 7.88. The van der Waals surface area contributed by atoms with Gasteiger partial charge in [-0.1, -0.05) is 6.42 Å². The Balaban J connectivity index is 1.89. The lowest BCUT2D eigenvalue weighted by atomic mass is 9.68. The van der Waals surface area contributed by atoms with Crippen molar-refractivity contribution >= 4 is 10.0 Å². The Labute approximate surface area is 135 Å². The first-order valence-corrected chi connectivity index (χ1v) is 9.66. The minimum absolute atomic E-state index is 0.0109. The van der Waals surface area contributed by atoms with Crippen LogP contribution >= 0.6 is 0 Å². The van der Waals surface area contributed by atoms with Crippen LogP contribution in [-0.4, -0.2) is 39.2 Å². The summed E-state index contributed by atoms with van der Waals surface area (Å²) >= 11 is 0. The molecule has 0 spiro atoms. The molecule has 0 bridgehead atoms. The highest BCUT2D eigenvalue weighted by atomic mass is 32.2. The molecular weight excluding hydrogens is 324 g/mol. The first-order chi connectivity index (χ1) is 10.8. The Bertz CT molecular complexity index is 708. The van der Waals surface area contributed by atoms with Gasteiger partial charge in [0, 0.05) is 25.1 Å². The molecule has 7 heteroatoms.